The summed E-state index contributed by atoms with van der Waals surface area (Å²) in [6.45, 7) is 4.13. The number of benzene rings is 1. The lowest BCUT2D eigenvalue weighted by Gasteiger charge is -2.19. The van der Waals surface area contributed by atoms with Gasteiger partial charge in [0.25, 0.3) is 0 Å². The highest BCUT2D eigenvalue weighted by Crippen LogP contribution is 2.29. The van der Waals surface area contributed by atoms with Crippen LogP contribution in [0.1, 0.15) is 31.7 Å². The first-order valence-electron chi connectivity index (χ1n) is 5.40. The summed E-state index contributed by atoms with van der Waals surface area (Å²) < 4.78 is 0. The minimum Gasteiger partial charge on any atom is -0.481 e. The van der Waals surface area contributed by atoms with Crippen molar-refractivity contribution in [2.45, 2.75) is 31.1 Å². The second kappa shape index (κ2) is 5.94. The molecule has 0 aromatic heterocycles. The molecule has 3 heteroatoms. The van der Waals surface area contributed by atoms with Gasteiger partial charge in [-0.3, -0.25) is 4.79 Å². The maximum atomic E-state index is 10.8. The van der Waals surface area contributed by atoms with Gasteiger partial charge in [-0.05, 0) is 35.8 Å². The average molecular weight is 238 g/mol. The van der Waals surface area contributed by atoms with Crippen molar-refractivity contribution < 1.29 is 9.90 Å². The Bertz CT molecular complexity index is 343. The average Bonchev–Trinajstić information content (AvgIpc) is 2.25. The lowest BCUT2D eigenvalue weighted by molar-refractivity contribution is -0.137. The molecule has 0 saturated heterocycles. The van der Waals surface area contributed by atoms with E-state index < -0.39 is 5.97 Å². The molecule has 1 N–H and O–H groups in total. The van der Waals surface area contributed by atoms with Crippen LogP contribution in [0.2, 0.25) is 0 Å². The molecule has 0 radical (unpaired) electrons. The van der Waals surface area contributed by atoms with E-state index in [2.05, 4.69) is 26.0 Å². The third-order valence-electron chi connectivity index (χ3n) is 2.74. The standard InChI is InChI=1S/C13H18O2S/c1-9(2)12(8-13(14)15)10-4-6-11(16-3)7-5-10/h4-7,9,12H,8H2,1-3H3,(H,14,15). The summed E-state index contributed by atoms with van der Waals surface area (Å²) in [5.41, 5.74) is 1.12. The van der Waals surface area contributed by atoms with Gasteiger partial charge >= 0.3 is 5.97 Å². The summed E-state index contributed by atoms with van der Waals surface area (Å²) in [5, 5.41) is 8.89. The molecule has 0 amide bonds. The van der Waals surface area contributed by atoms with Crippen LogP contribution in [0.4, 0.5) is 0 Å². The van der Waals surface area contributed by atoms with Gasteiger partial charge < -0.3 is 5.11 Å². The molecule has 1 unspecified atom stereocenters. The Kier molecular flexibility index (Phi) is 4.87. The first kappa shape index (κ1) is 13.1. The third-order valence-corrected chi connectivity index (χ3v) is 3.49. The summed E-state index contributed by atoms with van der Waals surface area (Å²) in [4.78, 5) is 12.0. The Morgan fingerprint density at radius 1 is 1.31 bits per heavy atom. The van der Waals surface area contributed by atoms with E-state index in [0.29, 0.717) is 5.92 Å². The van der Waals surface area contributed by atoms with E-state index in [-0.39, 0.29) is 12.3 Å². The molecule has 16 heavy (non-hydrogen) atoms. The van der Waals surface area contributed by atoms with Crippen molar-refractivity contribution in [2.24, 2.45) is 5.92 Å². The lowest BCUT2D eigenvalue weighted by atomic mass is 9.86. The van der Waals surface area contributed by atoms with Gasteiger partial charge in [-0.25, -0.2) is 0 Å². The Labute approximate surface area is 101 Å². The van der Waals surface area contributed by atoms with Crippen LogP contribution < -0.4 is 0 Å². The zero-order chi connectivity index (χ0) is 12.1. The fourth-order valence-corrected chi connectivity index (χ4v) is 2.19. The molecule has 0 aliphatic rings. The molecule has 0 bridgehead atoms. The summed E-state index contributed by atoms with van der Waals surface area (Å²) in [6, 6.07) is 8.19. The van der Waals surface area contributed by atoms with Gasteiger partial charge in [0.05, 0.1) is 6.42 Å². The molecular weight excluding hydrogens is 220 g/mol. The Morgan fingerprint density at radius 2 is 1.88 bits per heavy atom. The zero-order valence-corrected chi connectivity index (χ0v) is 10.8. The van der Waals surface area contributed by atoms with E-state index in [9.17, 15) is 4.79 Å². The van der Waals surface area contributed by atoms with Crippen molar-refractivity contribution in [1.82, 2.24) is 0 Å². The monoisotopic (exact) mass is 238 g/mol. The van der Waals surface area contributed by atoms with Crippen molar-refractivity contribution in [2.75, 3.05) is 6.26 Å². The smallest absolute Gasteiger partial charge is 0.303 e. The van der Waals surface area contributed by atoms with E-state index in [0.717, 1.165) is 5.56 Å². The Morgan fingerprint density at radius 3 is 2.25 bits per heavy atom. The first-order valence-corrected chi connectivity index (χ1v) is 6.62. The molecule has 1 atom stereocenters. The molecule has 0 spiro atoms. The van der Waals surface area contributed by atoms with Crippen molar-refractivity contribution in [3.8, 4) is 0 Å². The molecule has 0 aliphatic carbocycles. The van der Waals surface area contributed by atoms with Crippen LogP contribution in [0.25, 0.3) is 0 Å². The van der Waals surface area contributed by atoms with Crippen LogP contribution in [0, 0.1) is 5.92 Å². The van der Waals surface area contributed by atoms with Gasteiger partial charge in [0.2, 0.25) is 0 Å². The van der Waals surface area contributed by atoms with Gasteiger partial charge in [0, 0.05) is 4.90 Å². The molecule has 1 aromatic carbocycles. The number of aliphatic carboxylic acids is 1. The second-order valence-electron chi connectivity index (χ2n) is 4.22. The molecule has 0 aliphatic heterocycles. The summed E-state index contributed by atoms with van der Waals surface area (Å²) >= 11 is 1.70. The zero-order valence-electron chi connectivity index (χ0n) is 9.93. The Balaban J connectivity index is 2.88. The van der Waals surface area contributed by atoms with Gasteiger partial charge in [0.1, 0.15) is 0 Å². The minimum atomic E-state index is -0.729. The highest BCUT2D eigenvalue weighted by Gasteiger charge is 2.18. The minimum absolute atomic E-state index is 0.105. The number of hydrogen-bond donors (Lipinski definition) is 1. The fourth-order valence-electron chi connectivity index (χ4n) is 1.78. The van der Waals surface area contributed by atoms with Crippen LogP contribution >= 0.6 is 11.8 Å². The number of thioether (sulfide) groups is 1. The van der Waals surface area contributed by atoms with E-state index in [1.807, 2.05) is 18.4 Å². The molecule has 2 nitrogen and oxygen atoms in total. The van der Waals surface area contributed by atoms with Gasteiger partial charge in [-0.2, -0.15) is 0 Å². The Hall–Kier alpha value is -0.960. The summed E-state index contributed by atoms with van der Waals surface area (Å²) in [7, 11) is 0. The topological polar surface area (TPSA) is 37.3 Å². The molecular formula is C13H18O2S. The number of rotatable bonds is 5. The lowest BCUT2D eigenvalue weighted by Crippen LogP contribution is -2.12. The number of hydrogen-bond acceptors (Lipinski definition) is 2. The number of carbonyl (C=O) groups is 1. The molecule has 0 heterocycles. The van der Waals surface area contributed by atoms with Crippen molar-refractivity contribution in [3.63, 3.8) is 0 Å². The second-order valence-corrected chi connectivity index (χ2v) is 5.10. The maximum Gasteiger partial charge on any atom is 0.303 e. The maximum absolute atomic E-state index is 10.8. The molecule has 1 aromatic rings. The van der Waals surface area contributed by atoms with E-state index in [1.165, 1.54) is 4.90 Å². The van der Waals surface area contributed by atoms with E-state index in [1.54, 1.807) is 11.8 Å². The van der Waals surface area contributed by atoms with Gasteiger partial charge in [-0.1, -0.05) is 26.0 Å². The van der Waals surface area contributed by atoms with Crippen molar-refractivity contribution in [3.05, 3.63) is 29.8 Å². The normalized spacial score (nSPS) is 12.8. The van der Waals surface area contributed by atoms with Crippen molar-refractivity contribution in [1.29, 1.82) is 0 Å². The molecule has 1 rings (SSSR count). The number of carboxylic acid groups (broad SMARTS) is 1. The largest absolute Gasteiger partial charge is 0.481 e. The molecule has 88 valence electrons. The highest BCUT2D eigenvalue weighted by molar-refractivity contribution is 7.98. The SMILES string of the molecule is CSc1ccc(C(CC(=O)O)C(C)C)cc1. The van der Waals surface area contributed by atoms with Crippen LogP contribution in [0.15, 0.2) is 29.2 Å². The third kappa shape index (κ3) is 3.56. The van der Waals surface area contributed by atoms with E-state index in [4.69, 9.17) is 5.11 Å². The number of carboxylic acids is 1. The van der Waals surface area contributed by atoms with E-state index >= 15 is 0 Å². The summed E-state index contributed by atoms with van der Waals surface area (Å²) in [6.07, 6.45) is 2.24. The van der Waals surface area contributed by atoms with Crippen LogP contribution in [-0.4, -0.2) is 17.3 Å². The predicted molar refractivity (Wildman–Crippen MR) is 68.1 cm³/mol. The highest BCUT2D eigenvalue weighted by atomic mass is 32.2. The molecule has 0 fully saturated rings. The first-order chi connectivity index (χ1) is 7.54. The predicted octanol–water partition coefficient (Wildman–Crippen LogP) is 3.62. The fraction of sp³-hybridized carbons (Fsp3) is 0.462. The van der Waals surface area contributed by atoms with Crippen LogP contribution in [0.3, 0.4) is 0 Å². The van der Waals surface area contributed by atoms with Crippen molar-refractivity contribution >= 4 is 17.7 Å². The summed E-state index contributed by atoms with van der Waals surface area (Å²) in [5.74, 6) is -0.280. The van der Waals surface area contributed by atoms with Crippen LogP contribution in [-0.2, 0) is 4.79 Å². The quantitative estimate of drug-likeness (QED) is 0.796. The van der Waals surface area contributed by atoms with Gasteiger partial charge in [0.15, 0.2) is 0 Å². The molecule has 0 saturated carbocycles. The van der Waals surface area contributed by atoms with Crippen LogP contribution in [0.5, 0.6) is 0 Å². The van der Waals surface area contributed by atoms with Gasteiger partial charge in [-0.15, -0.1) is 11.8 Å².